The van der Waals surface area contributed by atoms with Crippen LogP contribution in [0, 0.1) is 5.92 Å². The molecule has 0 spiro atoms. The first-order chi connectivity index (χ1) is 8.49. The van der Waals surface area contributed by atoms with Crippen LogP contribution in [0.5, 0.6) is 0 Å². The Hall–Kier alpha value is -1.24. The van der Waals surface area contributed by atoms with Gasteiger partial charge in [0, 0.05) is 12.5 Å². The highest BCUT2D eigenvalue weighted by Crippen LogP contribution is 2.25. The van der Waals surface area contributed by atoms with Gasteiger partial charge in [0.1, 0.15) is 6.61 Å². The number of rotatable bonds is 7. The van der Waals surface area contributed by atoms with Crippen molar-refractivity contribution in [1.82, 2.24) is 5.32 Å². The number of hydrogen-bond donors (Lipinski definition) is 2. The summed E-state index contributed by atoms with van der Waals surface area (Å²) in [4.78, 5) is 22.1. The maximum atomic E-state index is 11.7. The second-order valence-corrected chi connectivity index (χ2v) is 4.33. The van der Waals surface area contributed by atoms with Gasteiger partial charge >= 0.3 is 5.97 Å². The van der Waals surface area contributed by atoms with E-state index < -0.39 is 24.9 Å². The topological polar surface area (TPSA) is 75.6 Å². The van der Waals surface area contributed by atoms with Gasteiger partial charge in [0.15, 0.2) is 0 Å². The highest BCUT2D eigenvalue weighted by Gasteiger charge is 2.30. The number of halogens is 2. The third kappa shape index (κ3) is 5.39. The number of carboxylic acids is 1. The molecule has 0 aromatic rings. The summed E-state index contributed by atoms with van der Waals surface area (Å²) in [6.45, 7) is -0.719. The van der Waals surface area contributed by atoms with Crippen LogP contribution < -0.4 is 5.32 Å². The van der Waals surface area contributed by atoms with E-state index in [4.69, 9.17) is 5.11 Å². The van der Waals surface area contributed by atoms with Gasteiger partial charge in [-0.05, 0) is 19.3 Å². The number of carbonyl (C=O) groups excluding carboxylic acids is 1. The maximum Gasteiger partial charge on any atom is 0.306 e. The van der Waals surface area contributed by atoms with Crippen molar-refractivity contribution in [2.45, 2.75) is 38.2 Å². The van der Waals surface area contributed by atoms with Gasteiger partial charge in [0.05, 0.1) is 12.5 Å². The quantitative estimate of drug-likeness (QED) is 0.674. The van der Waals surface area contributed by atoms with Crippen LogP contribution in [0.1, 0.15) is 25.7 Å². The first-order valence-corrected chi connectivity index (χ1v) is 5.87. The zero-order valence-corrected chi connectivity index (χ0v) is 9.90. The summed E-state index contributed by atoms with van der Waals surface area (Å²) in [6.07, 6.45) is -0.887. The molecule has 1 rings (SSSR count). The van der Waals surface area contributed by atoms with Gasteiger partial charge < -0.3 is 15.2 Å². The average Bonchev–Trinajstić information content (AvgIpc) is 2.72. The lowest BCUT2D eigenvalue weighted by atomic mass is 10.1. The number of hydrogen-bond acceptors (Lipinski definition) is 3. The monoisotopic (exact) mass is 265 g/mol. The molecule has 1 fully saturated rings. The van der Waals surface area contributed by atoms with E-state index in [0.717, 1.165) is 0 Å². The molecule has 2 N–H and O–H groups in total. The van der Waals surface area contributed by atoms with Crippen LogP contribution in [0.25, 0.3) is 0 Å². The number of aliphatic carboxylic acids is 1. The second-order valence-electron chi connectivity index (χ2n) is 4.33. The van der Waals surface area contributed by atoms with E-state index in [1.54, 1.807) is 0 Å². The van der Waals surface area contributed by atoms with Gasteiger partial charge in [-0.15, -0.1) is 0 Å². The number of alkyl halides is 2. The van der Waals surface area contributed by atoms with Crippen molar-refractivity contribution < 1.29 is 28.2 Å². The van der Waals surface area contributed by atoms with Crippen molar-refractivity contribution in [2.75, 3.05) is 13.2 Å². The molecule has 18 heavy (non-hydrogen) atoms. The van der Waals surface area contributed by atoms with Crippen molar-refractivity contribution in [1.29, 1.82) is 0 Å². The van der Waals surface area contributed by atoms with Crippen molar-refractivity contribution >= 4 is 11.9 Å². The first kappa shape index (κ1) is 14.8. The largest absolute Gasteiger partial charge is 0.481 e. The van der Waals surface area contributed by atoms with Gasteiger partial charge in [-0.1, -0.05) is 0 Å². The van der Waals surface area contributed by atoms with Gasteiger partial charge in [0.2, 0.25) is 5.91 Å². The molecule has 1 aliphatic rings. The fourth-order valence-electron chi connectivity index (χ4n) is 1.97. The van der Waals surface area contributed by atoms with Crippen LogP contribution in [0.3, 0.4) is 0 Å². The lowest BCUT2D eigenvalue weighted by Crippen LogP contribution is -2.34. The summed E-state index contributed by atoms with van der Waals surface area (Å²) in [5, 5.41) is 11.5. The maximum absolute atomic E-state index is 11.7. The van der Waals surface area contributed by atoms with E-state index in [1.807, 2.05) is 0 Å². The van der Waals surface area contributed by atoms with Gasteiger partial charge in [0.25, 0.3) is 6.43 Å². The SMILES string of the molecule is O=C(CCOCC(F)F)NC1CCC(C(=O)O)C1. The summed E-state index contributed by atoms with van der Waals surface area (Å²) in [6, 6.07) is -0.131. The molecule has 0 saturated heterocycles. The Balaban J connectivity index is 2.12. The number of carboxylic acid groups (broad SMARTS) is 1. The zero-order chi connectivity index (χ0) is 13.5. The van der Waals surface area contributed by atoms with Gasteiger partial charge in [-0.3, -0.25) is 9.59 Å². The molecule has 0 bridgehead atoms. The molecule has 104 valence electrons. The van der Waals surface area contributed by atoms with E-state index in [2.05, 4.69) is 10.1 Å². The first-order valence-electron chi connectivity index (χ1n) is 5.87. The smallest absolute Gasteiger partial charge is 0.306 e. The summed E-state index contributed by atoms with van der Waals surface area (Å²) in [7, 11) is 0. The van der Waals surface area contributed by atoms with Crippen LogP contribution >= 0.6 is 0 Å². The predicted octanol–water partition coefficient (Wildman–Crippen LogP) is 1.03. The van der Waals surface area contributed by atoms with Crippen LogP contribution in [0.4, 0.5) is 8.78 Å². The normalized spacial score (nSPS) is 23.3. The van der Waals surface area contributed by atoms with Crippen LogP contribution in [0.2, 0.25) is 0 Å². The van der Waals surface area contributed by atoms with Crippen molar-refractivity contribution in [3.63, 3.8) is 0 Å². The number of ether oxygens (including phenoxy) is 1. The highest BCUT2D eigenvalue weighted by molar-refractivity contribution is 5.76. The Labute approximate surface area is 103 Å². The Bertz CT molecular complexity index is 299. The minimum Gasteiger partial charge on any atom is -0.481 e. The van der Waals surface area contributed by atoms with Crippen LogP contribution in [-0.2, 0) is 14.3 Å². The third-order valence-corrected chi connectivity index (χ3v) is 2.86. The molecule has 0 heterocycles. The summed E-state index contributed by atoms with van der Waals surface area (Å²) in [5.74, 6) is -1.53. The van der Waals surface area contributed by atoms with Crippen LogP contribution in [0.15, 0.2) is 0 Å². The standard InChI is InChI=1S/C11H17F2NO4/c12-9(13)6-18-4-3-10(15)14-8-2-1-7(5-8)11(16)17/h7-9H,1-6H2,(H,14,15)(H,16,17). The molecule has 0 aromatic heterocycles. The summed E-state index contributed by atoms with van der Waals surface area (Å²) < 4.78 is 28.0. The van der Waals surface area contributed by atoms with E-state index in [-0.39, 0.29) is 25.0 Å². The molecule has 1 aliphatic carbocycles. The van der Waals surface area contributed by atoms with Crippen molar-refractivity contribution in [2.24, 2.45) is 5.92 Å². The van der Waals surface area contributed by atoms with E-state index in [1.165, 1.54) is 0 Å². The molecule has 0 aliphatic heterocycles. The molecule has 2 unspecified atom stereocenters. The molecule has 1 saturated carbocycles. The zero-order valence-electron chi connectivity index (χ0n) is 9.90. The molecule has 7 heteroatoms. The lowest BCUT2D eigenvalue weighted by molar-refractivity contribution is -0.141. The summed E-state index contributed by atoms with van der Waals surface area (Å²) >= 11 is 0. The Morgan fingerprint density at radius 2 is 2.11 bits per heavy atom. The van der Waals surface area contributed by atoms with Crippen molar-refractivity contribution in [3.8, 4) is 0 Å². The minimum atomic E-state index is -2.53. The van der Waals surface area contributed by atoms with E-state index in [9.17, 15) is 18.4 Å². The fraction of sp³-hybridized carbons (Fsp3) is 0.818. The predicted molar refractivity (Wildman–Crippen MR) is 58.3 cm³/mol. The van der Waals surface area contributed by atoms with Gasteiger partial charge in [-0.25, -0.2) is 8.78 Å². The molecule has 2 atom stereocenters. The number of amides is 1. The Morgan fingerprint density at radius 1 is 1.39 bits per heavy atom. The number of carbonyl (C=O) groups is 2. The fourth-order valence-corrected chi connectivity index (χ4v) is 1.97. The summed E-state index contributed by atoms with van der Waals surface area (Å²) in [5.41, 5.74) is 0. The molecule has 1 amide bonds. The molecule has 0 aromatic carbocycles. The van der Waals surface area contributed by atoms with Crippen LogP contribution in [-0.4, -0.2) is 42.7 Å². The Morgan fingerprint density at radius 3 is 2.67 bits per heavy atom. The second kappa shape index (κ2) is 7.25. The molecule has 0 radical (unpaired) electrons. The third-order valence-electron chi connectivity index (χ3n) is 2.86. The lowest BCUT2D eigenvalue weighted by Gasteiger charge is -2.12. The average molecular weight is 265 g/mol. The highest BCUT2D eigenvalue weighted by atomic mass is 19.3. The minimum absolute atomic E-state index is 0.0148. The molecular weight excluding hydrogens is 248 g/mol. The number of nitrogens with one attached hydrogen (secondary N) is 1. The molecule has 5 nitrogen and oxygen atoms in total. The Kier molecular flexibility index (Phi) is 5.97. The molecular formula is C11H17F2NO4. The van der Waals surface area contributed by atoms with E-state index >= 15 is 0 Å². The van der Waals surface area contributed by atoms with Gasteiger partial charge in [-0.2, -0.15) is 0 Å². The van der Waals surface area contributed by atoms with E-state index in [0.29, 0.717) is 19.3 Å². The van der Waals surface area contributed by atoms with Crippen molar-refractivity contribution in [3.05, 3.63) is 0 Å².